The molecule has 1 saturated heterocycles. The van der Waals surface area contributed by atoms with E-state index < -0.39 is 0 Å². The molecule has 0 saturated carbocycles. The molecule has 1 aromatic heterocycles. The maximum atomic E-state index is 5.79. The van der Waals surface area contributed by atoms with Crippen molar-refractivity contribution < 1.29 is 0 Å². The van der Waals surface area contributed by atoms with Gasteiger partial charge in [-0.25, -0.2) is 0 Å². The Morgan fingerprint density at radius 3 is 2.65 bits per heavy atom. The highest BCUT2D eigenvalue weighted by atomic mass is 32.1. The minimum Gasteiger partial charge on any atom is -0.366 e. The summed E-state index contributed by atoms with van der Waals surface area (Å²) in [6.45, 7) is 8.54. The third-order valence-corrected chi connectivity index (χ3v) is 6.92. The van der Waals surface area contributed by atoms with Gasteiger partial charge in [0.05, 0.1) is 23.3 Å². The summed E-state index contributed by atoms with van der Waals surface area (Å²) in [6.07, 6.45) is 4.22. The molecule has 1 fully saturated rings. The summed E-state index contributed by atoms with van der Waals surface area (Å²) in [5.41, 5.74) is 6.18. The van der Waals surface area contributed by atoms with Crippen molar-refractivity contribution in [2.45, 2.75) is 38.4 Å². The highest BCUT2D eigenvalue weighted by Crippen LogP contribution is 2.43. The molecule has 0 aliphatic carbocycles. The summed E-state index contributed by atoms with van der Waals surface area (Å²) in [5.74, 6) is 0. The van der Waals surface area contributed by atoms with Gasteiger partial charge < -0.3 is 20.0 Å². The van der Waals surface area contributed by atoms with E-state index in [-0.39, 0.29) is 17.6 Å². The second kappa shape index (κ2) is 8.24. The predicted octanol–water partition coefficient (Wildman–Crippen LogP) is 4.25. The van der Waals surface area contributed by atoms with Gasteiger partial charge in [0.2, 0.25) is 0 Å². The highest BCUT2D eigenvalue weighted by Gasteiger charge is 2.40. The van der Waals surface area contributed by atoms with Crippen LogP contribution < -0.4 is 10.2 Å². The lowest BCUT2D eigenvalue weighted by atomic mass is 9.86. The number of benzene rings is 1. The van der Waals surface area contributed by atoms with E-state index in [0.717, 1.165) is 23.9 Å². The molecule has 2 aromatic rings. The standard InChI is InChI=1S/C25H33N5S/c1-17-16-25(2,3)29(6)21-11-10-18(15-19(17)21)23-22(20-9-7-8-12-26-20)27-24(31)30(23)14-13-28(4)5/h7-12,15-16,22-23H,13-14H2,1-6H3,(H,27,31)/t22-,23+/m0/s1. The highest BCUT2D eigenvalue weighted by molar-refractivity contribution is 7.80. The maximum absolute atomic E-state index is 5.79. The van der Waals surface area contributed by atoms with E-state index in [1.165, 1.54) is 22.4 Å². The second-order valence-corrected chi connectivity index (χ2v) is 9.83. The molecule has 0 bridgehead atoms. The van der Waals surface area contributed by atoms with Crippen LogP contribution in [0.5, 0.6) is 0 Å². The molecule has 2 aliphatic rings. The van der Waals surface area contributed by atoms with Gasteiger partial charge in [-0.1, -0.05) is 18.2 Å². The summed E-state index contributed by atoms with van der Waals surface area (Å²) in [5, 5.41) is 4.35. The first-order valence-electron chi connectivity index (χ1n) is 10.9. The predicted molar refractivity (Wildman–Crippen MR) is 133 cm³/mol. The number of thiocarbonyl (C=S) groups is 1. The first kappa shape index (κ1) is 21.8. The normalized spacial score (nSPS) is 22.4. The van der Waals surface area contributed by atoms with Crippen LogP contribution in [0, 0.1) is 0 Å². The van der Waals surface area contributed by atoms with Crippen molar-refractivity contribution in [1.82, 2.24) is 20.1 Å². The van der Waals surface area contributed by atoms with Crippen LogP contribution in [0.2, 0.25) is 0 Å². The SMILES string of the molecule is CC1=CC(C)(C)N(C)c2ccc([C@@H]3[C@H](c4ccccn4)NC(=S)N3CCN(C)C)cc21. The van der Waals surface area contributed by atoms with Crippen LogP contribution in [0.25, 0.3) is 5.57 Å². The fourth-order valence-electron chi connectivity index (χ4n) is 4.68. The monoisotopic (exact) mass is 435 g/mol. The number of nitrogens with one attached hydrogen (secondary N) is 1. The largest absolute Gasteiger partial charge is 0.366 e. The molecule has 0 spiro atoms. The molecule has 2 atom stereocenters. The minimum absolute atomic E-state index is 0.00329. The first-order valence-corrected chi connectivity index (χ1v) is 11.3. The fourth-order valence-corrected chi connectivity index (χ4v) is 5.01. The summed E-state index contributed by atoms with van der Waals surface area (Å²) in [7, 11) is 6.37. The molecule has 1 N–H and O–H groups in total. The molecule has 0 unspecified atom stereocenters. The molecule has 164 valence electrons. The van der Waals surface area contributed by atoms with Crippen LogP contribution in [0.15, 0.2) is 48.7 Å². The van der Waals surface area contributed by atoms with Gasteiger partial charge >= 0.3 is 0 Å². The Kier molecular flexibility index (Phi) is 5.79. The molecule has 1 aromatic carbocycles. The van der Waals surface area contributed by atoms with Crippen molar-refractivity contribution in [1.29, 1.82) is 0 Å². The molecule has 4 rings (SSSR count). The van der Waals surface area contributed by atoms with E-state index in [0.29, 0.717) is 0 Å². The van der Waals surface area contributed by atoms with E-state index >= 15 is 0 Å². The number of nitrogens with zero attached hydrogens (tertiary/aromatic N) is 4. The molecule has 0 amide bonds. The number of likely N-dealkylation sites (N-methyl/N-ethyl adjacent to an activating group) is 2. The van der Waals surface area contributed by atoms with E-state index in [2.05, 4.69) is 97.3 Å². The lowest BCUT2D eigenvalue weighted by Crippen LogP contribution is -2.42. The Bertz CT molecular complexity index is 998. The number of pyridine rings is 1. The number of anilines is 1. The van der Waals surface area contributed by atoms with E-state index in [1.54, 1.807) is 0 Å². The van der Waals surface area contributed by atoms with E-state index in [1.807, 2.05) is 18.3 Å². The Balaban J connectivity index is 1.78. The smallest absolute Gasteiger partial charge is 0.170 e. The number of aromatic nitrogens is 1. The minimum atomic E-state index is 0.00329. The number of fused-ring (bicyclic) bond motifs is 1. The van der Waals surface area contributed by atoms with Crippen LogP contribution in [0.4, 0.5) is 5.69 Å². The number of hydrogen-bond acceptors (Lipinski definition) is 4. The number of rotatable bonds is 5. The van der Waals surface area contributed by atoms with Crippen molar-refractivity contribution in [2.75, 3.05) is 39.1 Å². The van der Waals surface area contributed by atoms with Gasteiger partial charge in [0.1, 0.15) is 0 Å². The Morgan fingerprint density at radius 2 is 1.97 bits per heavy atom. The quantitative estimate of drug-likeness (QED) is 0.708. The van der Waals surface area contributed by atoms with Crippen molar-refractivity contribution in [3.8, 4) is 0 Å². The molecule has 0 radical (unpaired) electrons. The van der Waals surface area contributed by atoms with Gasteiger partial charge in [0, 0.05) is 37.6 Å². The van der Waals surface area contributed by atoms with Crippen molar-refractivity contribution in [3.05, 3.63) is 65.5 Å². The van der Waals surface area contributed by atoms with Gasteiger partial charge in [-0.2, -0.15) is 0 Å². The first-order chi connectivity index (χ1) is 14.7. The van der Waals surface area contributed by atoms with Crippen LogP contribution in [0.1, 0.15) is 49.7 Å². The molecular formula is C25H33N5S. The number of hydrogen-bond donors (Lipinski definition) is 1. The third kappa shape index (κ3) is 4.06. The average Bonchev–Trinajstić information content (AvgIpc) is 3.07. The van der Waals surface area contributed by atoms with E-state index in [4.69, 9.17) is 12.2 Å². The zero-order chi connectivity index (χ0) is 22.3. The lowest BCUT2D eigenvalue weighted by Gasteiger charge is -2.41. The van der Waals surface area contributed by atoms with Gasteiger partial charge in [-0.3, -0.25) is 4.98 Å². The Hall–Kier alpha value is -2.44. The fraction of sp³-hybridized carbons (Fsp3) is 0.440. The summed E-state index contributed by atoms with van der Waals surface area (Å²) < 4.78 is 0. The molecule has 3 heterocycles. The van der Waals surface area contributed by atoms with Crippen molar-refractivity contribution in [3.63, 3.8) is 0 Å². The zero-order valence-electron chi connectivity index (χ0n) is 19.4. The molecule has 5 nitrogen and oxygen atoms in total. The van der Waals surface area contributed by atoms with Gasteiger partial charge in [-0.15, -0.1) is 0 Å². The molecule has 2 aliphatic heterocycles. The zero-order valence-corrected chi connectivity index (χ0v) is 20.2. The third-order valence-electron chi connectivity index (χ3n) is 6.57. The number of allylic oxidation sites excluding steroid dienone is 1. The lowest BCUT2D eigenvalue weighted by molar-refractivity contribution is 0.277. The van der Waals surface area contributed by atoms with Crippen LogP contribution in [0.3, 0.4) is 0 Å². The van der Waals surface area contributed by atoms with Crippen LogP contribution in [-0.2, 0) is 0 Å². The summed E-state index contributed by atoms with van der Waals surface area (Å²) in [4.78, 5) is 11.5. The Morgan fingerprint density at radius 1 is 1.19 bits per heavy atom. The van der Waals surface area contributed by atoms with Crippen molar-refractivity contribution in [2.24, 2.45) is 0 Å². The van der Waals surface area contributed by atoms with Gasteiger partial charge in [0.15, 0.2) is 5.11 Å². The summed E-state index contributed by atoms with van der Waals surface area (Å²) >= 11 is 5.79. The molecule has 6 heteroatoms. The topological polar surface area (TPSA) is 34.6 Å². The van der Waals surface area contributed by atoms with Gasteiger partial charge in [0.25, 0.3) is 0 Å². The average molecular weight is 436 g/mol. The molecule has 31 heavy (non-hydrogen) atoms. The maximum Gasteiger partial charge on any atom is 0.170 e. The summed E-state index contributed by atoms with van der Waals surface area (Å²) in [6, 6.07) is 13.1. The van der Waals surface area contributed by atoms with Crippen LogP contribution >= 0.6 is 12.2 Å². The van der Waals surface area contributed by atoms with Crippen molar-refractivity contribution >= 4 is 28.6 Å². The second-order valence-electron chi connectivity index (χ2n) is 9.44. The van der Waals surface area contributed by atoms with Gasteiger partial charge in [-0.05, 0) is 82.5 Å². The van der Waals surface area contributed by atoms with E-state index in [9.17, 15) is 0 Å². The van der Waals surface area contributed by atoms with Crippen LogP contribution in [-0.4, -0.2) is 59.7 Å². The Labute approximate surface area is 191 Å². The molecular weight excluding hydrogens is 402 g/mol.